The molecular weight excluding hydrogens is 385 g/mol. The highest BCUT2D eigenvalue weighted by molar-refractivity contribution is 6.35. The molecule has 0 bridgehead atoms. The summed E-state index contributed by atoms with van der Waals surface area (Å²) in [6.07, 6.45) is -0.990. The van der Waals surface area contributed by atoms with E-state index < -0.39 is 23.9 Å². The first-order valence-electron chi connectivity index (χ1n) is 7.21. The van der Waals surface area contributed by atoms with Crippen molar-refractivity contribution in [3.63, 3.8) is 0 Å². The van der Waals surface area contributed by atoms with E-state index in [-0.39, 0.29) is 27.6 Å². The molecule has 1 unspecified atom stereocenters. The third-order valence-electron chi connectivity index (χ3n) is 3.26. The zero-order valence-corrected chi connectivity index (χ0v) is 14.8. The fourth-order valence-electron chi connectivity index (χ4n) is 2.01. The summed E-state index contributed by atoms with van der Waals surface area (Å²) in [5.74, 6) is -3.01. The highest BCUT2D eigenvalue weighted by Crippen LogP contribution is 2.28. The van der Waals surface area contributed by atoms with Gasteiger partial charge in [0.2, 0.25) is 0 Å². The van der Waals surface area contributed by atoms with Crippen LogP contribution in [0.3, 0.4) is 0 Å². The normalized spacial score (nSPS) is 11.5. The van der Waals surface area contributed by atoms with Crippen LogP contribution in [0.4, 0.5) is 5.69 Å². The van der Waals surface area contributed by atoms with E-state index >= 15 is 0 Å². The van der Waals surface area contributed by atoms with Gasteiger partial charge in [0.05, 0.1) is 16.1 Å². The Kier molecular flexibility index (Phi) is 6.07. The minimum absolute atomic E-state index is 0.0185. The van der Waals surface area contributed by atoms with E-state index in [4.69, 9.17) is 38.2 Å². The molecule has 2 rings (SSSR count). The summed E-state index contributed by atoms with van der Waals surface area (Å²) in [6, 6.07) is 7.79. The molecule has 0 spiro atoms. The largest absolute Gasteiger partial charge is 0.479 e. The smallest absolute Gasteiger partial charge is 0.335 e. The molecule has 0 aliphatic heterocycles. The molecule has 1 amide bonds. The number of carbonyl (C=O) groups is 3. The number of rotatable bonds is 6. The number of carbonyl (C=O) groups excluding carboxylic acids is 1. The van der Waals surface area contributed by atoms with E-state index in [1.165, 1.54) is 19.1 Å². The number of amides is 1. The summed E-state index contributed by atoms with van der Waals surface area (Å²) in [5, 5.41) is 21.2. The Morgan fingerprint density at radius 2 is 1.58 bits per heavy atom. The molecule has 0 saturated carbocycles. The second kappa shape index (κ2) is 8.07. The van der Waals surface area contributed by atoms with Crippen LogP contribution in [0.15, 0.2) is 36.4 Å². The number of carboxylic acids is 2. The summed E-state index contributed by atoms with van der Waals surface area (Å²) in [6.45, 7) is 1.46. The Morgan fingerprint density at radius 3 is 2.08 bits per heavy atom. The van der Waals surface area contributed by atoms with Crippen molar-refractivity contribution < 1.29 is 29.3 Å². The predicted molar refractivity (Wildman–Crippen MR) is 95.5 cm³/mol. The summed E-state index contributed by atoms with van der Waals surface area (Å²) in [7, 11) is 0. The third kappa shape index (κ3) is 4.87. The lowest BCUT2D eigenvalue weighted by Gasteiger charge is -2.16. The molecule has 136 valence electrons. The third-order valence-corrected chi connectivity index (χ3v) is 3.79. The van der Waals surface area contributed by atoms with Gasteiger partial charge >= 0.3 is 11.9 Å². The van der Waals surface area contributed by atoms with Crippen molar-refractivity contribution in [2.45, 2.75) is 13.0 Å². The van der Waals surface area contributed by atoms with Crippen molar-refractivity contribution in [3.8, 4) is 5.75 Å². The maximum Gasteiger partial charge on any atom is 0.335 e. The number of hydrogen-bond acceptors (Lipinski definition) is 4. The van der Waals surface area contributed by atoms with Gasteiger partial charge in [-0.1, -0.05) is 23.2 Å². The van der Waals surface area contributed by atoms with Crippen LogP contribution >= 0.6 is 23.2 Å². The monoisotopic (exact) mass is 397 g/mol. The maximum atomic E-state index is 12.3. The van der Waals surface area contributed by atoms with Crippen molar-refractivity contribution in [2.75, 3.05) is 5.32 Å². The SMILES string of the molecule is CC(Oc1ccc(Cl)cc1Cl)C(=O)Nc1cc(C(=O)O)cc(C(=O)O)c1. The second-order valence-electron chi connectivity index (χ2n) is 5.23. The van der Waals surface area contributed by atoms with Crippen LogP contribution in [0.1, 0.15) is 27.6 Å². The predicted octanol–water partition coefficient (Wildman–Crippen LogP) is 3.80. The summed E-state index contributed by atoms with van der Waals surface area (Å²) < 4.78 is 5.45. The Morgan fingerprint density at radius 1 is 1.00 bits per heavy atom. The quantitative estimate of drug-likeness (QED) is 0.682. The molecule has 26 heavy (non-hydrogen) atoms. The lowest BCUT2D eigenvalue weighted by Crippen LogP contribution is -2.30. The van der Waals surface area contributed by atoms with Crippen LogP contribution in [0, 0.1) is 0 Å². The number of aromatic carboxylic acids is 2. The highest BCUT2D eigenvalue weighted by Gasteiger charge is 2.18. The molecule has 0 saturated heterocycles. The van der Waals surface area contributed by atoms with Gasteiger partial charge in [0.15, 0.2) is 6.10 Å². The molecule has 2 aromatic rings. The van der Waals surface area contributed by atoms with Crippen LogP contribution in [-0.4, -0.2) is 34.2 Å². The Balaban J connectivity index is 2.17. The van der Waals surface area contributed by atoms with E-state index in [1.54, 1.807) is 6.07 Å². The minimum atomic E-state index is -1.32. The van der Waals surface area contributed by atoms with E-state index in [1.807, 2.05) is 0 Å². The molecule has 9 heteroatoms. The number of hydrogen-bond donors (Lipinski definition) is 3. The Hall–Kier alpha value is -2.77. The van der Waals surface area contributed by atoms with Crippen LogP contribution in [0.5, 0.6) is 5.75 Å². The number of benzene rings is 2. The Bertz CT molecular complexity index is 851. The fraction of sp³-hybridized carbons (Fsp3) is 0.118. The average Bonchev–Trinajstić information content (AvgIpc) is 2.56. The maximum absolute atomic E-state index is 12.3. The lowest BCUT2D eigenvalue weighted by molar-refractivity contribution is -0.122. The summed E-state index contributed by atoms with van der Waals surface area (Å²) in [4.78, 5) is 34.5. The topological polar surface area (TPSA) is 113 Å². The van der Waals surface area contributed by atoms with E-state index in [2.05, 4.69) is 5.32 Å². The molecule has 7 nitrogen and oxygen atoms in total. The standard InChI is InChI=1S/C17H13Cl2NO6/c1-8(26-14-3-2-11(18)7-13(14)19)15(21)20-12-5-9(16(22)23)4-10(6-12)17(24)25/h2-8H,1H3,(H,20,21)(H,22,23)(H,24,25). The van der Waals surface area contributed by atoms with Gasteiger partial charge in [-0.25, -0.2) is 9.59 Å². The molecule has 0 aliphatic rings. The lowest BCUT2D eigenvalue weighted by atomic mass is 10.1. The number of ether oxygens (including phenoxy) is 1. The van der Waals surface area contributed by atoms with Gasteiger partial charge in [0, 0.05) is 10.7 Å². The van der Waals surface area contributed by atoms with Crippen LogP contribution < -0.4 is 10.1 Å². The molecule has 1 atom stereocenters. The van der Waals surface area contributed by atoms with Gasteiger partial charge < -0.3 is 20.3 Å². The molecule has 0 fully saturated rings. The van der Waals surface area contributed by atoms with Gasteiger partial charge in [-0.15, -0.1) is 0 Å². The molecule has 0 heterocycles. The summed E-state index contributed by atoms with van der Waals surface area (Å²) in [5.41, 5.74) is -0.519. The highest BCUT2D eigenvalue weighted by atomic mass is 35.5. The van der Waals surface area contributed by atoms with E-state index in [0.717, 1.165) is 18.2 Å². The molecule has 0 radical (unpaired) electrons. The van der Waals surface area contributed by atoms with Crippen molar-refractivity contribution in [1.29, 1.82) is 0 Å². The van der Waals surface area contributed by atoms with Crippen LogP contribution in [-0.2, 0) is 4.79 Å². The van der Waals surface area contributed by atoms with Crippen molar-refractivity contribution in [2.24, 2.45) is 0 Å². The fourth-order valence-corrected chi connectivity index (χ4v) is 2.46. The van der Waals surface area contributed by atoms with Crippen molar-refractivity contribution in [1.82, 2.24) is 0 Å². The average molecular weight is 398 g/mol. The van der Waals surface area contributed by atoms with E-state index in [0.29, 0.717) is 5.02 Å². The molecule has 2 aromatic carbocycles. The molecule has 0 aromatic heterocycles. The first-order chi connectivity index (χ1) is 12.2. The molecule has 3 N–H and O–H groups in total. The first-order valence-corrected chi connectivity index (χ1v) is 7.97. The minimum Gasteiger partial charge on any atom is -0.479 e. The summed E-state index contributed by atoms with van der Waals surface area (Å²) >= 11 is 11.8. The number of anilines is 1. The molecule has 0 aliphatic carbocycles. The van der Waals surface area contributed by atoms with Crippen molar-refractivity contribution >= 4 is 46.7 Å². The zero-order chi connectivity index (χ0) is 19.4. The molecular formula is C17H13Cl2NO6. The van der Waals surface area contributed by atoms with Gasteiger partial charge in [0.25, 0.3) is 5.91 Å². The first kappa shape index (κ1) is 19.6. The van der Waals surface area contributed by atoms with Crippen LogP contribution in [0.2, 0.25) is 10.0 Å². The Labute approximate surface area is 158 Å². The van der Waals surface area contributed by atoms with Gasteiger partial charge in [-0.05, 0) is 43.3 Å². The van der Waals surface area contributed by atoms with Gasteiger partial charge in [0.1, 0.15) is 5.75 Å². The van der Waals surface area contributed by atoms with Gasteiger partial charge in [-0.2, -0.15) is 0 Å². The van der Waals surface area contributed by atoms with E-state index in [9.17, 15) is 14.4 Å². The van der Waals surface area contributed by atoms with Crippen LogP contribution in [0.25, 0.3) is 0 Å². The number of nitrogens with one attached hydrogen (secondary N) is 1. The number of carboxylic acid groups (broad SMARTS) is 2. The van der Waals surface area contributed by atoms with Gasteiger partial charge in [-0.3, -0.25) is 4.79 Å². The number of halogens is 2. The zero-order valence-electron chi connectivity index (χ0n) is 13.3. The van der Waals surface area contributed by atoms with Crippen molar-refractivity contribution in [3.05, 3.63) is 57.6 Å². The second-order valence-corrected chi connectivity index (χ2v) is 6.08.